The maximum atomic E-state index is 4.50. The molecule has 0 aromatic carbocycles. The van der Waals surface area contributed by atoms with Crippen LogP contribution in [0.2, 0.25) is 0 Å². The average molecular weight is 310 g/mol. The number of halogens is 1. The van der Waals surface area contributed by atoms with Gasteiger partial charge in [-0.1, -0.05) is 6.42 Å². The Bertz CT molecular complexity index is 530. The summed E-state index contributed by atoms with van der Waals surface area (Å²) in [6.45, 7) is 2.10. The van der Waals surface area contributed by atoms with Crippen molar-refractivity contribution in [3.63, 3.8) is 0 Å². The van der Waals surface area contributed by atoms with E-state index < -0.39 is 0 Å². The number of pyridine rings is 1. The zero-order valence-electron chi connectivity index (χ0n) is 10.1. The quantitative estimate of drug-likeness (QED) is 0.891. The molecule has 0 spiro atoms. The van der Waals surface area contributed by atoms with Crippen LogP contribution in [-0.4, -0.2) is 33.7 Å². The van der Waals surface area contributed by atoms with Gasteiger partial charge in [0.25, 0.3) is 0 Å². The predicted octanol–water partition coefficient (Wildman–Crippen LogP) is 2.05. The van der Waals surface area contributed by atoms with E-state index >= 15 is 0 Å². The summed E-state index contributed by atoms with van der Waals surface area (Å²) in [4.78, 5) is 4.50. The molecule has 1 unspecified atom stereocenters. The van der Waals surface area contributed by atoms with Crippen molar-refractivity contribution in [2.24, 2.45) is 0 Å². The second kappa shape index (κ2) is 5.24. The number of hydrogen-bond donors (Lipinski definition) is 2. The largest absolute Gasteiger partial charge is 0.349 e. The molecule has 96 valence electrons. The van der Waals surface area contributed by atoms with E-state index in [9.17, 15) is 0 Å². The summed E-state index contributed by atoms with van der Waals surface area (Å²) < 4.78 is 2.75. The van der Waals surface area contributed by atoms with Crippen LogP contribution in [-0.2, 0) is 0 Å². The molecule has 2 N–H and O–H groups in total. The number of hydrogen-bond acceptors (Lipinski definition) is 4. The number of fused-ring (bicyclic) bond motifs is 1. The van der Waals surface area contributed by atoms with Crippen molar-refractivity contribution in [2.75, 3.05) is 18.4 Å². The van der Waals surface area contributed by atoms with Crippen LogP contribution in [0, 0.1) is 0 Å². The van der Waals surface area contributed by atoms with Crippen molar-refractivity contribution in [3.8, 4) is 0 Å². The van der Waals surface area contributed by atoms with Crippen molar-refractivity contribution in [3.05, 3.63) is 22.8 Å². The fraction of sp³-hybridized carbons (Fsp3) is 0.500. The molecular formula is C12H16BrN5. The second-order valence-electron chi connectivity index (χ2n) is 4.60. The highest BCUT2D eigenvalue weighted by Crippen LogP contribution is 2.17. The van der Waals surface area contributed by atoms with Crippen molar-refractivity contribution < 1.29 is 0 Å². The second-order valence-corrected chi connectivity index (χ2v) is 5.46. The smallest absolute Gasteiger partial charge is 0.243 e. The predicted molar refractivity (Wildman–Crippen MR) is 74.8 cm³/mol. The highest BCUT2D eigenvalue weighted by molar-refractivity contribution is 9.10. The van der Waals surface area contributed by atoms with E-state index in [1.807, 2.05) is 18.3 Å². The van der Waals surface area contributed by atoms with Crippen LogP contribution in [0.4, 0.5) is 5.95 Å². The molecule has 0 saturated carbocycles. The normalized spacial score (nSPS) is 20.8. The Morgan fingerprint density at radius 2 is 2.39 bits per heavy atom. The molecule has 18 heavy (non-hydrogen) atoms. The summed E-state index contributed by atoms with van der Waals surface area (Å²) in [5.41, 5.74) is 0.849. The van der Waals surface area contributed by atoms with Crippen molar-refractivity contribution in [1.29, 1.82) is 0 Å². The lowest BCUT2D eigenvalue weighted by molar-refractivity contribution is 0.631. The lowest BCUT2D eigenvalue weighted by Crippen LogP contribution is -2.31. The first-order valence-electron chi connectivity index (χ1n) is 6.31. The maximum absolute atomic E-state index is 4.50. The molecule has 0 radical (unpaired) electrons. The van der Waals surface area contributed by atoms with Gasteiger partial charge in [0.1, 0.15) is 0 Å². The van der Waals surface area contributed by atoms with E-state index in [1.54, 1.807) is 4.52 Å². The Labute approximate surface area is 114 Å². The molecule has 3 heterocycles. The molecule has 0 bridgehead atoms. The molecule has 1 atom stereocenters. The summed E-state index contributed by atoms with van der Waals surface area (Å²) in [6.07, 6.45) is 5.58. The summed E-state index contributed by atoms with van der Waals surface area (Å²) in [5, 5.41) is 11.3. The standard InChI is InChI=1S/C12H16BrN5/c13-10-5-3-7-18-11(10)16-12(17-18)15-9-4-1-2-6-14-8-9/h3,5,7,9,14H,1-2,4,6,8H2,(H,15,17). The van der Waals surface area contributed by atoms with Crippen LogP contribution < -0.4 is 10.6 Å². The van der Waals surface area contributed by atoms with Gasteiger partial charge in [-0.25, -0.2) is 4.52 Å². The number of rotatable bonds is 2. The van der Waals surface area contributed by atoms with E-state index in [2.05, 4.69) is 36.6 Å². The molecule has 2 aromatic heterocycles. The van der Waals surface area contributed by atoms with Gasteiger partial charge in [0.05, 0.1) is 4.47 Å². The topological polar surface area (TPSA) is 54.2 Å². The lowest BCUT2D eigenvalue weighted by atomic mass is 10.1. The maximum Gasteiger partial charge on any atom is 0.243 e. The third-order valence-corrected chi connectivity index (χ3v) is 3.81. The summed E-state index contributed by atoms with van der Waals surface area (Å²) in [5.74, 6) is 0.704. The Kier molecular flexibility index (Phi) is 3.47. The first-order valence-corrected chi connectivity index (χ1v) is 7.10. The zero-order valence-corrected chi connectivity index (χ0v) is 11.7. The molecule has 1 aliphatic heterocycles. The van der Waals surface area contributed by atoms with Crippen molar-refractivity contribution in [1.82, 2.24) is 19.9 Å². The van der Waals surface area contributed by atoms with E-state index in [-0.39, 0.29) is 0 Å². The van der Waals surface area contributed by atoms with Crippen LogP contribution in [0.1, 0.15) is 19.3 Å². The summed E-state index contributed by atoms with van der Waals surface area (Å²) in [6, 6.07) is 4.34. The number of aromatic nitrogens is 3. The molecule has 0 amide bonds. The fourth-order valence-electron chi connectivity index (χ4n) is 2.26. The Hall–Kier alpha value is -1.14. The van der Waals surface area contributed by atoms with Crippen LogP contribution in [0.25, 0.3) is 5.65 Å². The highest BCUT2D eigenvalue weighted by Gasteiger charge is 2.14. The molecule has 0 aliphatic carbocycles. The van der Waals surface area contributed by atoms with E-state index in [1.165, 1.54) is 19.3 Å². The van der Waals surface area contributed by atoms with Crippen molar-refractivity contribution in [2.45, 2.75) is 25.3 Å². The molecule has 6 heteroatoms. The molecule has 1 saturated heterocycles. The van der Waals surface area contributed by atoms with Gasteiger partial charge in [-0.3, -0.25) is 0 Å². The molecule has 1 aliphatic rings. The van der Waals surface area contributed by atoms with Gasteiger partial charge in [0.2, 0.25) is 5.95 Å². The van der Waals surface area contributed by atoms with Gasteiger partial charge < -0.3 is 10.6 Å². The van der Waals surface area contributed by atoms with E-state index in [0.717, 1.165) is 23.2 Å². The summed E-state index contributed by atoms with van der Waals surface area (Å²) >= 11 is 3.48. The number of nitrogens with zero attached hydrogens (tertiary/aromatic N) is 3. The van der Waals surface area contributed by atoms with Crippen LogP contribution in [0.3, 0.4) is 0 Å². The Balaban J connectivity index is 1.79. The fourth-order valence-corrected chi connectivity index (χ4v) is 2.68. The number of nitrogens with one attached hydrogen (secondary N) is 2. The number of anilines is 1. The molecular weight excluding hydrogens is 294 g/mol. The van der Waals surface area contributed by atoms with Gasteiger partial charge in [-0.15, -0.1) is 5.10 Å². The van der Waals surface area contributed by atoms with Crippen LogP contribution in [0.5, 0.6) is 0 Å². The molecule has 1 fully saturated rings. The van der Waals surface area contributed by atoms with E-state index in [0.29, 0.717) is 12.0 Å². The minimum atomic E-state index is 0.420. The third-order valence-electron chi connectivity index (χ3n) is 3.19. The Morgan fingerprint density at radius 1 is 1.44 bits per heavy atom. The molecule has 5 nitrogen and oxygen atoms in total. The SMILES string of the molecule is Brc1cccn2nc(NC3CCCCNC3)nc12. The monoisotopic (exact) mass is 309 g/mol. The zero-order chi connectivity index (χ0) is 12.4. The van der Waals surface area contributed by atoms with Crippen molar-refractivity contribution >= 4 is 27.5 Å². The lowest BCUT2D eigenvalue weighted by Gasteiger charge is -2.14. The third kappa shape index (κ3) is 2.49. The first kappa shape index (κ1) is 11.9. The summed E-state index contributed by atoms with van der Waals surface area (Å²) in [7, 11) is 0. The minimum Gasteiger partial charge on any atom is -0.349 e. The highest BCUT2D eigenvalue weighted by atomic mass is 79.9. The van der Waals surface area contributed by atoms with Gasteiger partial charge >= 0.3 is 0 Å². The first-order chi connectivity index (χ1) is 8.83. The Morgan fingerprint density at radius 3 is 3.28 bits per heavy atom. The molecule has 2 aromatic rings. The molecule has 3 rings (SSSR count). The van der Waals surface area contributed by atoms with E-state index in [4.69, 9.17) is 0 Å². The van der Waals surface area contributed by atoms with Gasteiger partial charge in [0.15, 0.2) is 5.65 Å². The van der Waals surface area contributed by atoms with Gasteiger partial charge in [-0.2, -0.15) is 4.98 Å². The van der Waals surface area contributed by atoms with Crippen LogP contribution >= 0.6 is 15.9 Å². The van der Waals surface area contributed by atoms with Gasteiger partial charge in [-0.05, 0) is 47.4 Å². The average Bonchev–Trinajstić information content (AvgIpc) is 2.60. The minimum absolute atomic E-state index is 0.420. The van der Waals surface area contributed by atoms with Gasteiger partial charge in [0, 0.05) is 18.8 Å². The van der Waals surface area contributed by atoms with Crippen LogP contribution in [0.15, 0.2) is 22.8 Å².